The maximum Gasteiger partial charge on any atom is 0.254 e. The number of fused-ring (bicyclic) bond motifs is 3. The molecule has 1 amide bonds. The molecule has 5 nitrogen and oxygen atoms in total. The Labute approximate surface area is 141 Å². The average Bonchev–Trinajstić information content (AvgIpc) is 2.64. The summed E-state index contributed by atoms with van der Waals surface area (Å²) in [5, 5.41) is 9.46. The summed E-state index contributed by atoms with van der Waals surface area (Å²) in [4.78, 5) is 19.5. The van der Waals surface area contributed by atoms with Crippen LogP contribution in [0, 0.1) is 11.7 Å². The van der Waals surface area contributed by atoms with E-state index in [1.54, 1.807) is 0 Å². The summed E-state index contributed by atoms with van der Waals surface area (Å²) in [6.07, 6.45) is 2.61. The van der Waals surface area contributed by atoms with Gasteiger partial charge in [-0.25, -0.2) is 4.39 Å². The molecular formula is C18H24FN3O2. The lowest BCUT2D eigenvalue weighted by molar-refractivity contribution is -0.0131. The number of carbonyl (C=O) groups is 1. The number of piperazine rings is 1. The first-order valence-corrected chi connectivity index (χ1v) is 8.86. The summed E-state index contributed by atoms with van der Waals surface area (Å²) in [5.41, 5.74) is 0.352. The van der Waals surface area contributed by atoms with Crippen LogP contribution in [-0.4, -0.2) is 77.6 Å². The maximum absolute atomic E-state index is 13.1. The predicted octanol–water partition coefficient (Wildman–Crippen LogP) is 1.38. The van der Waals surface area contributed by atoms with Crippen molar-refractivity contribution in [3.05, 3.63) is 29.6 Å². The van der Waals surface area contributed by atoms with E-state index in [1.165, 1.54) is 44.6 Å². The minimum atomic E-state index is -0.696. The lowest BCUT2D eigenvalue weighted by Crippen LogP contribution is -2.61. The zero-order chi connectivity index (χ0) is 16.7. The maximum atomic E-state index is 13.1. The molecule has 6 heteroatoms. The van der Waals surface area contributed by atoms with Gasteiger partial charge in [0.25, 0.3) is 5.91 Å². The van der Waals surface area contributed by atoms with Crippen molar-refractivity contribution in [3.63, 3.8) is 0 Å². The first kappa shape index (κ1) is 15.8. The third-order valence-corrected chi connectivity index (χ3v) is 5.89. The van der Waals surface area contributed by atoms with E-state index >= 15 is 0 Å². The normalized spacial score (nSPS) is 30.5. The fourth-order valence-corrected chi connectivity index (χ4v) is 4.43. The SMILES string of the molecule is O=C(c1ccc(F)c(O)c1)N1CCN([C@H]2CN3CCC2CC3)CC1. The number of benzene rings is 1. The number of carbonyl (C=O) groups excluding carboxylic acids is 1. The lowest BCUT2D eigenvalue weighted by atomic mass is 9.83. The van der Waals surface area contributed by atoms with Crippen LogP contribution in [0.5, 0.6) is 5.75 Å². The molecular weight excluding hydrogens is 309 g/mol. The van der Waals surface area contributed by atoms with Gasteiger partial charge in [-0.1, -0.05) is 0 Å². The zero-order valence-corrected chi connectivity index (χ0v) is 13.8. The largest absolute Gasteiger partial charge is 0.505 e. The highest BCUT2D eigenvalue weighted by molar-refractivity contribution is 5.94. The van der Waals surface area contributed by atoms with Crippen LogP contribution in [0.3, 0.4) is 0 Å². The molecule has 4 saturated heterocycles. The standard InChI is InChI=1S/C18H24FN3O2/c19-15-2-1-14(11-17(15)23)18(24)22-9-7-21(8-10-22)16-12-20-5-3-13(16)4-6-20/h1-2,11,13,16,23H,3-10,12H2/t16-/m0/s1. The zero-order valence-electron chi connectivity index (χ0n) is 13.8. The number of rotatable bonds is 2. The van der Waals surface area contributed by atoms with E-state index < -0.39 is 11.6 Å². The molecule has 4 aliphatic heterocycles. The van der Waals surface area contributed by atoms with Crippen LogP contribution >= 0.6 is 0 Å². The monoisotopic (exact) mass is 333 g/mol. The Bertz CT molecular complexity index is 623. The van der Waals surface area contributed by atoms with Gasteiger partial charge in [0.15, 0.2) is 11.6 Å². The second-order valence-corrected chi connectivity index (χ2v) is 7.20. The lowest BCUT2D eigenvalue weighted by Gasteiger charge is -2.51. The van der Waals surface area contributed by atoms with Crippen molar-refractivity contribution in [1.82, 2.24) is 14.7 Å². The van der Waals surface area contributed by atoms with Crippen molar-refractivity contribution < 1.29 is 14.3 Å². The minimum absolute atomic E-state index is 0.126. The number of amides is 1. The number of piperidine rings is 3. The van der Waals surface area contributed by atoms with Crippen molar-refractivity contribution in [1.29, 1.82) is 0 Å². The molecule has 1 N–H and O–H groups in total. The fourth-order valence-electron chi connectivity index (χ4n) is 4.43. The highest BCUT2D eigenvalue weighted by Crippen LogP contribution is 2.31. The molecule has 0 saturated carbocycles. The van der Waals surface area contributed by atoms with Crippen LogP contribution in [0.4, 0.5) is 4.39 Å². The van der Waals surface area contributed by atoms with Gasteiger partial charge in [0, 0.05) is 44.3 Å². The Kier molecular flexibility index (Phi) is 4.18. The smallest absolute Gasteiger partial charge is 0.254 e. The van der Waals surface area contributed by atoms with Gasteiger partial charge in [0.1, 0.15) is 0 Å². The average molecular weight is 333 g/mol. The Hall–Kier alpha value is -1.66. The molecule has 0 radical (unpaired) electrons. The summed E-state index contributed by atoms with van der Waals surface area (Å²) < 4.78 is 13.1. The van der Waals surface area contributed by atoms with Gasteiger partial charge in [0.05, 0.1) is 0 Å². The van der Waals surface area contributed by atoms with Gasteiger partial charge in [-0.15, -0.1) is 0 Å². The number of nitrogens with zero attached hydrogens (tertiary/aromatic N) is 3. The molecule has 0 aliphatic carbocycles. The summed E-state index contributed by atoms with van der Waals surface area (Å²) in [5.74, 6) is -0.476. The molecule has 0 unspecified atom stereocenters. The number of halogens is 1. The van der Waals surface area contributed by atoms with Crippen molar-refractivity contribution in [3.8, 4) is 5.75 Å². The molecule has 4 heterocycles. The first-order valence-electron chi connectivity index (χ1n) is 8.86. The van der Waals surface area contributed by atoms with Crippen LogP contribution in [-0.2, 0) is 0 Å². The predicted molar refractivity (Wildman–Crippen MR) is 88.5 cm³/mol. The Morgan fingerprint density at radius 3 is 2.38 bits per heavy atom. The molecule has 4 aliphatic rings. The molecule has 24 heavy (non-hydrogen) atoms. The van der Waals surface area contributed by atoms with E-state index in [9.17, 15) is 14.3 Å². The van der Waals surface area contributed by atoms with Crippen molar-refractivity contribution in [2.24, 2.45) is 5.92 Å². The molecule has 4 fully saturated rings. The molecule has 0 spiro atoms. The van der Waals surface area contributed by atoms with Gasteiger partial charge in [-0.05, 0) is 50.0 Å². The third-order valence-electron chi connectivity index (χ3n) is 5.89. The molecule has 0 aromatic heterocycles. The van der Waals surface area contributed by atoms with Gasteiger partial charge < -0.3 is 14.9 Å². The summed E-state index contributed by atoms with van der Waals surface area (Å²) >= 11 is 0. The molecule has 1 atom stereocenters. The van der Waals surface area contributed by atoms with Crippen LogP contribution in [0.2, 0.25) is 0 Å². The van der Waals surface area contributed by atoms with E-state index in [0.717, 1.165) is 25.1 Å². The summed E-state index contributed by atoms with van der Waals surface area (Å²) in [6.45, 7) is 6.84. The minimum Gasteiger partial charge on any atom is -0.505 e. The summed E-state index contributed by atoms with van der Waals surface area (Å²) in [7, 11) is 0. The second-order valence-electron chi connectivity index (χ2n) is 7.20. The van der Waals surface area contributed by atoms with Gasteiger partial charge >= 0.3 is 0 Å². The van der Waals surface area contributed by atoms with E-state index in [4.69, 9.17) is 0 Å². The Morgan fingerprint density at radius 2 is 1.79 bits per heavy atom. The molecule has 2 bridgehead atoms. The van der Waals surface area contributed by atoms with Crippen molar-refractivity contribution in [2.45, 2.75) is 18.9 Å². The first-order chi connectivity index (χ1) is 11.6. The number of aromatic hydroxyl groups is 1. The van der Waals surface area contributed by atoms with Crippen LogP contribution < -0.4 is 0 Å². The molecule has 130 valence electrons. The summed E-state index contributed by atoms with van der Waals surface area (Å²) in [6, 6.07) is 4.44. The topological polar surface area (TPSA) is 47.0 Å². The number of hydrogen-bond acceptors (Lipinski definition) is 4. The Morgan fingerprint density at radius 1 is 1.08 bits per heavy atom. The number of phenols is 1. The van der Waals surface area contributed by atoms with E-state index in [1.807, 2.05) is 4.90 Å². The fraction of sp³-hybridized carbons (Fsp3) is 0.611. The van der Waals surface area contributed by atoms with Crippen LogP contribution in [0.25, 0.3) is 0 Å². The quantitative estimate of drug-likeness (QED) is 0.888. The van der Waals surface area contributed by atoms with Crippen molar-refractivity contribution in [2.75, 3.05) is 45.8 Å². The molecule has 1 aromatic rings. The Balaban J connectivity index is 1.37. The van der Waals surface area contributed by atoms with E-state index in [2.05, 4.69) is 9.80 Å². The van der Waals surface area contributed by atoms with Gasteiger partial charge in [-0.3, -0.25) is 9.69 Å². The molecule has 5 rings (SSSR count). The third kappa shape index (κ3) is 2.89. The highest BCUT2D eigenvalue weighted by Gasteiger charge is 2.38. The second kappa shape index (κ2) is 6.33. The molecule has 1 aromatic carbocycles. The van der Waals surface area contributed by atoms with Gasteiger partial charge in [-0.2, -0.15) is 0 Å². The van der Waals surface area contributed by atoms with Crippen LogP contribution in [0.15, 0.2) is 18.2 Å². The highest BCUT2D eigenvalue weighted by atomic mass is 19.1. The van der Waals surface area contributed by atoms with Crippen LogP contribution in [0.1, 0.15) is 23.2 Å². The number of hydrogen-bond donors (Lipinski definition) is 1. The van der Waals surface area contributed by atoms with Gasteiger partial charge in [0.2, 0.25) is 0 Å². The van der Waals surface area contributed by atoms with E-state index in [0.29, 0.717) is 24.7 Å². The van der Waals surface area contributed by atoms with E-state index in [-0.39, 0.29) is 5.91 Å². The number of phenolic OH excluding ortho intramolecular Hbond substituents is 1. The van der Waals surface area contributed by atoms with Crippen molar-refractivity contribution >= 4 is 5.91 Å².